The van der Waals surface area contributed by atoms with Gasteiger partial charge in [0.05, 0.1) is 11.6 Å². The fraction of sp³-hybridized carbons (Fsp3) is 0.133. The zero-order valence-corrected chi connectivity index (χ0v) is 10.5. The van der Waals surface area contributed by atoms with Crippen molar-refractivity contribution in [2.75, 3.05) is 0 Å². The van der Waals surface area contributed by atoms with Crippen molar-refractivity contribution in [1.29, 1.82) is 5.26 Å². The summed E-state index contributed by atoms with van der Waals surface area (Å²) in [6.07, 6.45) is -0.458. The molecule has 2 N–H and O–H groups in total. The molecule has 1 atom stereocenters. The normalized spacial score (nSPS) is 11.6. The third-order valence-corrected chi connectivity index (χ3v) is 2.70. The monoisotopic (exact) mass is 254 g/mol. The summed E-state index contributed by atoms with van der Waals surface area (Å²) in [5, 5.41) is 17.4. The van der Waals surface area contributed by atoms with Gasteiger partial charge >= 0.3 is 0 Å². The van der Waals surface area contributed by atoms with E-state index in [1.54, 1.807) is 19.1 Å². The minimum absolute atomic E-state index is 0.458. The van der Waals surface area contributed by atoms with Crippen LogP contribution in [0.25, 0.3) is 11.1 Å². The van der Waals surface area contributed by atoms with Gasteiger partial charge in [-0.1, -0.05) is 24.3 Å². The molecule has 0 aromatic heterocycles. The first-order chi connectivity index (χ1) is 9.22. The summed E-state index contributed by atoms with van der Waals surface area (Å²) in [7, 11) is 0. The van der Waals surface area contributed by atoms with E-state index in [4.69, 9.17) is 15.2 Å². The van der Waals surface area contributed by atoms with Gasteiger partial charge in [0, 0.05) is 0 Å². The Bertz CT molecular complexity index is 571. The smallest absolute Gasteiger partial charge is 0.168 e. The number of nitrogens with one attached hydrogen (secondary N) is 1. The van der Waals surface area contributed by atoms with Crippen molar-refractivity contribution in [3.63, 3.8) is 0 Å². The Labute approximate surface area is 111 Å². The number of rotatable bonds is 4. The van der Waals surface area contributed by atoms with Crippen LogP contribution in [0.1, 0.15) is 12.5 Å². The molecule has 0 aliphatic carbocycles. The van der Waals surface area contributed by atoms with Crippen molar-refractivity contribution < 1.29 is 9.94 Å². The minimum atomic E-state index is -0.458. The van der Waals surface area contributed by atoms with Gasteiger partial charge in [0.15, 0.2) is 6.23 Å². The van der Waals surface area contributed by atoms with Crippen LogP contribution < -0.4 is 10.2 Å². The van der Waals surface area contributed by atoms with Gasteiger partial charge < -0.3 is 9.94 Å². The Hall–Kier alpha value is -2.35. The van der Waals surface area contributed by atoms with Crippen LogP contribution in [-0.2, 0) is 0 Å². The average Bonchev–Trinajstić information content (AvgIpc) is 2.48. The molecule has 2 aromatic rings. The number of nitriles is 1. The topological polar surface area (TPSA) is 65.3 Å². The van der Waals surface area contributed by atoms with E-state index in [0.717, 1.165) is 11.1 Å². The van der Waals surface area contributed by atoms with Crippen molar-refractivity contribution in [2.45, 2.75) is 13.2 Å². The molecule has 0 fully saturated rings. The summed E-state index contributed by atoms with van der Waals surface area (Å²) in [6.45, 7) is 1.70. The fourth-order valence-electron chi connectivity index (χ4n) is 1.69. The molecule has 0 heterocycles. The first kappa shape index (κ1) is 13.1. The molecule has 96 valence electrons. The number of ether oxygens (including phenoxy) is 1. The number of hydroxylamine groups is 1. The molecule has 0 bridgehead atoms. The Morgan fingerprint density at radius 2 is 1.58 bits per heavy atom. The number of benzene rings is 2. The van der Waals surface area contributed by atoms with E-state index >= 15 is 0 Å². The van der Waals surface area contributed by atoms with Crippen LogP contribution in [-0.4, -0.2) is 11.4 Å². The second-order valence-electron chi connectivity index (χ2n) is 4.10. The van der Waals surface area contributed by atoms with Crippen LogP contribution >= 0.6 is 0 Å². The Kier molecular flexibility index (Phi) is 4.14. The number of nitrogens with zero attached hydrogens (tertiary/aromatic N) is 1. The summed E-state index contributed by atoms with van der Waals surface area (Å²) in [5.41, 5.74) is 4.75. The highest BCUT2D eigenvalue weighted by atomic mass is 16.6. The Balaban J connectivity index is 2.15. The van der Waals surface area contributed by atoms with E-state index in [9.17, 15) is 0 Å². The minimum Gasteiger partial charge on any atom is -0.474 e. The second-order valence-corrected chi connectivity index (χ2v) is 4.10. The lowest BCUT2D eigenvalue weighted by Crippen LogP contribution is -2.27. The standard InChI is InChI=1S/C15H14N2O2/c1-11(17-18)19-15-8-6-14(7-9-15)13-4-2-12(10-16)3-5-13/h2-9,11,17-18H,1H3. The number of hydrogen-bond acceptors (Lipinski definition) is 4. The van der Waals surface area contributed by atoms with Crippen molar-refractivity contribution in [3.8, 4) is 22.9 Å². The van der Waals surface area contributed by atoms with Crippen LogP contribution in [0.3, 0.4) is 0 Å². The Morgan fingerprint density at radius 3 is 2.05 bits per heavy atom. The SMILES string of the molecule is CC(NO)Oc1ccc(-c2ccc(C#N)cc2)cc1. The largest absolute Gasteiger partial charge is 0.474 e. The molecule has 0 aliphatic rings. The van der Waals surface area contributed by atoms with E-state index in [1.807, 2.05) is 41.9 Å². The maximum atomic E-state index is 8.75. The second kappa shape index (κ2) is 6.01. The van der Waals surface area contributed by atoms with Crippen LogP contribution in [0.5, 0.6) is 5.75 Å². The highest BCUT2D eigenvalue weighted by molar-refractivity contribution is 5.64. The van der Waals surface area contributed by atoms with E-state index in [2.05, 4.69) is 6.07 Å². The molecule has 0 spiro atoms. The van der Waals surface area contributed by atoms with E-state index in [-0.39, 0.29) is 0 Å². The van der Waals surface area contributed by atoms with Crippen molar-refractivity contribution in [2.24, 2.45) is 0 Å². The van der Waals surface area contributed by atoms with Crippen LogP contribution in [0.2, 0.25) is 0 Å². The molecule has 19 heavy (non-hydrogen) atoms. The molecule has 1 unspecified atom stereocenters. The molecule has 0 saturated heterocycles. The summed E-state index contributed by atoms with van der Waals surface area (Å²) < 4.78 is 5.39. The summed E-state index contributed by atoms with van der Waals surface area (Å²) in [6, 6.07) is 17.0. The first-order valence-electron chi connectivity index (χ1n) is 5.90. The van der Waals surface area contributed by atoms with Crippen molar-refractivity contribution >= 4 is 0 Å². The molecule has 0 radical (unpaired) electrons. The molecule has 0 amide bonds. The highest BCUT2D eigenvalue weighted by Gasteiger charge is 2.02. The zero-order valence-electron chi connectivity index (χ0n) is 10.5. The average molecular weight is 254 g/mol. The van der Waals surface area contributed by atoms with Gasteiger partial charge in [0.2, 0.25) is 0 Å². The molecule has 2 aromatic carbocycles. The maximum Gasteiger partial charge on any atom is 0.168 e. The molecule has 2 rings (SSSR count). The third-order valence-electron chi connectivity index (χ3n) is 2.70. The lowest BCUT2D eigenvalue weighted by Gasteiger charge is -2.12. The predicted molar refractivity (Wildman–Crippen MR) is 71.6 cm³/mol. The van der Waals surface area contributed by atoms with Gasteiger partial charge in [-0.3, -0.25) is 0 Å². The zero-order chi connectivity index (χ0) is 13.7. The highest BCUT2D eigenvalue weighted by Crippen LogP contribution is 2.23. The fourth-order valence-corrected chi connectivity index (χ4v) is 1.69. The molecular formula is C15H14N2O2. The first-order valence-corrected chi connectivity index (χ1v) is 5.90. The lowest BCUT2D eigenvalue weighted by molar-refractivity contribution is 0.0302. The summed E-state index contributed by atoms with van der Waals surface area (Å²) in [4.78, 5) is 0. The Morgan fingerprint density at radius 1 is 1.05 bits per heavy atom. The lowest BCUT2D eigenvalue weighted by atomic mass is 10.0. The summed E-state index contributed by atoms with van der Waals surface area (Å²) >= 11 is 0. The van der Waals surface area contributed by atoms with Gasteiger partial charge in [-0.25, -0.2) is 0 Å². The molecule has 4 heteroatoms. The van der Waals surface area contributed by atoms with Gasteiger partial charge in [-0.15, -0.1) is 0 Å². The van der Waals surface area contributed by atoms with Gasteiger partial charge in [-0.05, 0) is 42.3 Å². The molecule has 0 aliphatic heterocycles. The van der Waals surface area contributed by atoms with E-state index < -0.39 is 6.23 Å². The van der Waals surface area contributed by atoms with E-state index in [0.29, 0.717) is 11.3 Å². The van der Waals surface area contributed by atoms with Crippen molar-refractivity contribution in [3.05, 3.63) is 54.1 Å². The number of hydrogen-bond donors (Lipinski definition) is 2. The third kappa shape index (κ3) is 3.32. The predicted octanol–water partition coefficient (Wildman–Crippen LogP) is 2.93. The van der Waals surface area contributed by atoms with Gasteiger partial charge in [0.1, 0.15) is 5.75 Å². The van der Waals surface area contributed by atoms with Gasteiger partial charge in [-0.2, -0.15) is 10.7 Å². The quantitative estimate of drug-likeness (QED) is 0.650. The van der Waals surface area contributed by atoms with E-state index in [1.165, 1.54) is 0 Å². The molecule has 4 nitrogen and oxygen atoms in total. The van der Waals surface area contributed by atoms with Gasteiger partial charge in [0.25, 0.3) is 0 Å². The van der Waals surface area contributed by atoms with Crippen molar-refractivity contribution in [1.82, 2.24) is 5.48 Å². The molecular weight excluding hydrogens is 240 g/mol. The van der Waals surface area contributed by atoms with Crippen LogP contribution in [0, 0.1) is 11.3 Å². The van der Waals surface area contributed by atoms with Crippen LogP contribution in [0.15, 0.2) is 48.5 Å². The molecule has 0 saturated carbocycles. The maximum absolute atomic E-state index is 8.75. The summed E-state index contributed by atoms with van der Waals surface area (Å²) in [5.74, 6) is 0.673. The van der Waals surface area contributed by atoms with Crippen LogP contribution in [0.4, 0.5) is 0 Å².